The third-order valence-corrected chi connectivity index (χ3v) is 14.9. The monoisotopic (exact) mass is 1040 g/mol. The molecule has 384 valence electrons. The summed E-state index contributed by atoms with van der Waals surface area (Å²) in [5, 5.41) is 0. The average molecular weight is 1040 g/mol. The molecule has 5 aromatic carbocycles. The summed E-state index contributed by atoms with van der Waals surface area (Å²) in [4.78, 5) is 82.1. The lowest BCUT2D eigenvalue weighted by molar-refractivity contribution is 0.1000. The number of amides is 1. The second-order valence-electron chi connectivity index (χ2n) is 18.9. The van der Waals surface area contributed by atoms with Crippen LogP contribution in [-0.4, -0.2) is 60.5 Å². The van der Waals surface area contributed by atoms with Crippen molar-refractivity contribution in [1.29, 1.82) is 0 Å². The van der Waals surface area contributed by atoms with Crippen LogP contribution in [0.1, 0.15) is 81.8 Å². The number of methoxy groups -OCH3 is 1. The third-order valence-electron chi connectivity index (χ3n) is 13.5. The zero-order valence-corrected chi connectivity index (χ0v) is 41.1. The normalized spacial score (nSPS) is 14.3. The minimum atomic E-state index is -3.89. The van der Waals surface area contributed by atoms with Gasteiger partial charge in [-0.2, -0.15) is 0 Å². The van der Waals surface area contributed by atoms with Crippen LogP contribution in [-0.2, 0) is 36.0 Å². The number of rotatable bonds is 17. The Labute approximate surface area is 425 Å². The topological polar surface area (TPSA) is 266 Å². The maximum absolute atomic E-state index is 14.8. The summed E-state index contributed by atoms with van der Waals surface area (Å²) in [5.74, 6) is -0.294. The van der Waals surface area contributed by atoms with Crippen molar-refractivity contribution < 1.29 is 26.7 Å². The number of carbonyl (C=O) groups excluding carboxylic acids is 1. The zero-order valence-electron chi connectivity index (χ0n) is 40.3. The van der Waals surface area contributed by atoms with Gasteiger partial charge in [-0.25, -0.2) is 36.8 Å². The van der Waals surface area contributed by atoms with Crippen molar-refractivity contribution in [1.82, 2.24) is 39.0 Å². The second kappa shape index (κ2) is 20.7. The quantitative estimate of drug-likeness (QED) is 0.0570. The number of H-pyrrole nitrogens is 4. The number of hydrogen-bond donors (Lipinski definition) is 6. The van der Waals surface area contributed by atoms with E-state index in [1.165, 1.54) is 40.5 Å². The van der Waals surface area contributed by atoms with Gasteiger partial charge in [0.05, 0.1) is 12.0 Å². The van der Waals surface area contributed by atoms with Crippen molar-refractivity contribution in [2.45, 2.75) is 68.3 Å². The number of imidazole rings is 2. The van der Waals surface area contributed by atoms with Gasteiger partial charge >= 0.3 is 11.4 Å². The average Bonchev–Trinajstić information content (AvgIpc) is 4.33. The molecular weight excluding hydrogens is 987 g/mol. The molecule has 21 heteroatoms. The van der Waals surface area contributed by atoms with Crippen LogP contribution in [0, 0.1) is 23.5 Å². The van der Waals surface area contributed by atoms with Crippen LogP contribution in [0.5, 0.6) is 5.75 Å². The number of hydrogen-bond acceptors (Lipinski definition) is 10. The number of nitrogens with one attached hydrogen (secondary N) is 5. The Morgan fingerprint density at radius 3 is 1.57 bits per heavy atom. The van der Waals surface area contributed by atoms with Crippen LogP contribution in [0.3, 0.4) is 0 Å². The van der Waals surface area contributed by atoms with Crippen LogP contribution >= 0.6 is 0 Å². The Hall–Kier alpha value is -8.72. The molecule has 4 aromatic heterocycles. The smallest absolute Gasteiger partial charge is 0.330 e. The molecule has 2 aliphatic rings. The van der Waals surface area contributed by atoms with Crippen LogP contribution < -0.4 is 37.7 Å². The molecule has 2 unspecified atom stereocenters. The highest BCUT2D eigenvalue weighted by Crippen LogP contribution is 2.34. The van der Waals surface area contributed by atoms with Crippen molar-refractivity contribution in [3.63, 3.8) is 0 Å². The fourth-order valence-corrected chi connectivity index (χ4v) is 10.2. The van der Waals surface area contributed by atoms with E-state index in [0.29, 0.717) is 70.3 Å². The van der Waals surface area contributed by atoms with E-state index in [1.54, 1.807) is 97.1 Å². The highest BCUT2D eigenvalue weighted by atomic mass is 32.2. The summed E-state index contributed by atoms with van der Waals surface area (Å²) in [5.41, 5.74) is 7.21. The first kappa shape index (κ1) is 49.8. The number of benzene rings is 5. The largest absolute Gasteiger partial charge is 0.497 e. The fourth-order valence-electron chi connectivity index (χ4n) is 9.06. The number of carbonyl (C=O) groups is 1. The van der Waals surface area contributed by atoms with Gasteiger partial charge in [-0.05, 0) is 121 Å². The Morgan fingerprint density at radius 1 is 0.667 bits per heavy atom. The van der Waals surface area contributed by atoms with E-state index in [9.17, 15) is 41.2 Å². The minimum absolute atomic E-state index is 0.0492. The first-order chi connectivity index (χ1) is 36.1. The number of nitrogens with zero attached hydrogens (tertiary/aromatic N) is 4. The lowest BCUT2D eigenvalue weighted by Gasteiger charge is -2.17. The summed E-state index contributed by atoms with van der Waals surface area (Å²) in [6.07, 6.45) is 4.54. The van der Waals surface area contributed by atoms with E-state index in [2.05, 4.69) is 29.6 Å². The first-order valence-electron chi connectivity index (χ1n) is 24.2. The number of nitrogens with two attached hydrogens (primary N) is 1. The van der Waals surface area contributed by atoms with Crippen LogP contribution in [0.4, 0.5) is 14.5 Å². The predicted octanol–water partition coefficient (Wildman–Crippen LogP) is 6.58. The standard InChI is InChI=1S/C30H28FN5O5S.C24H22FN5O3/c1-41-22-6-4-7-23(16-22)42(39,40)35-21-13-11-19(12-14-21)24(15-20-5-2-3-8-25(20)31)27-32-26-28(33-27)36(17-18-9-10-18)30(38)34-29(26)37;25-18-4-2-1-3-16(18)11-17(14-7-9-15(10-8-14)20(26)31)21-27-19-22(28-21)30(12-13-5-6-13)24(33)29-23(19)32/h2-8,11-14,16,18,24,35H,9-10,15,17H2,1H3,(H,32,33)(H,34,37,38);1-4,7-10,13,17H,5-6,11-12H2,(H2,26,31)(H,27,28)(H,29,32,33). The molecule has 0 aliphatic heterocycles. The van der Waals surface area contributed by atoms with Crippen molar-refractivity contribution >= 4 is 43.9 Å². The van der Waals surface area contributed by atoms with Gasteiger partial charge in [-0.1, -0.05) is 66.7 Å². The highest BCUT2D eigenvalue weighted by Gasteiger charge is 2.29. The molecule has 2 saturated carbocycles. The number of primary amides is 1. The fraction of sp³-hybridized carbons (Fsp3) is 0.241. The van der Waals surface area contributed by atoms with E-state index >= 15 is 0 Å². The second-order valence-corrected chi connectivity index (χ2v) is 20.5. The molecule has 9 aromatic rings. The Balaban J connectivity index is 0.000000176. The summed E-state index contributed by atoms with van der Waals surface area (Å²) >= 11 is 0. The molecule has 0 saturated heterocycles. The molecule has 11 rings (SSSR count). The number of sulfonamides is 1. The molecule has 2 aliphatic carbocycles. The number of fused-ring (bicyclic) bond motifs is 2. The number of ether oxygens (including phenoxy) is 1. The minimum Gasteiger partial charge on any atom is -0.497 e. The molecule has 0 bridgehead atoms. The maximum atomic E-state index is 14.8. The lowest BCUT2D eigenvalue weighted by Crippen LogP contribution is -2.30. The van der Waals surface area contributed by atoms with Gasteiger partial charge in [0.15, 0.2) is 11.3 Å². The molecule has 18 nitrogen and oxygen atoms in total. The molecular formula is C54H50F2N10O8S. The zero-order chi connectivity index (χ0) is 52.5. The third kappa shape index (κ3) is 11.0. The number of aromatic amines is 4. The van der Waals surface area contributed by atoms with Gasteiger partial charge in [0.2, 0.25) is 5.91 Å². The van der Waals surface area contributed by atoms with Crippen molar-refractivity contribution in [2.24, 2.45) is 17.6 Å². The summed E-state index contributed by atoms with van der Waals surface area (Å²) in [7, 11) is -2.43. The molecule has 7 N–H and O–H groups in total. The Bertz CT molecular complexity index is 3970. The van der Waals surface area contributed by atoms with Crippen LogP contribution in [0.25, 0.3) is 22.3 Å². The maximum Gasteiger partial charge on any atom is 0.330 e. The molecule has 75 heavy (non-hydrogen) atoms. The lowest BCUT2D eigenvalue weighted by atomic mass is 9.90. The van der Waals surface area contributed by atoms with E-state index in [0.717, 1.165) is 31.2 Å². The van der Waals surface area contributed by atoms with E-state index in [-0.39, 0.29) is 51.7 Å². The molecule has 4 heterocycles. The number of aromatic nitrogens is 8. The van der Waals surface area contributed by atoms with Gasteiger partial charge in [-0.15, -0.1) is 0 Å². The van der Waals surface area contributed by atoms with Crippen LogP contribution in [0.2, 0.25) is 0 Å². The first-order valence-corrected chi connectivity index (χ1v) is 25.7. The van der Waals surface area contributed by atoms with Crippen molar-refractivity contribution in [2.75, 3.05) is 11.8 Å². The van der Waals surface area contributed by atoms with Gasteiger partial charge < -0.3 is 20.4 Å². The summed E-state index contributed by atoms with van der Waals surface area (Å²) < 4.78 is 65.9. The molecule has 2 atom stereocenters. The summed E-state index contributed by atoms with van der Waals surface area (Å²) in [6.45, 7) is 0.943. The molecule has 0 radical (unpaired) electrons. The van der Waals surface area contributed by atoms with E-state index in [4.69, 9.17) is 15.5 Å². The molecule has 0 spiro atoms. The molecule has 2 fully saturated rings. The van der Waals surface area contributed by atoms with Crippen LogP contribution in [0.15, 0.2) is 145 Å². The highest BCUT2D eigenvalue weighted by molar-refractivity contribution is 7.92. The molecule has 1 amide bonds. The predicted molar refractivity (Wildman–Crippen MR) is 276 cm³/mol. The summed E-state index contributed by atoms with van der Waals surface area (Å²) in [6, 6.07) is 32.3. The van der Waals surface area contributed by atoms with Gasteiger partial charge in [0, 0.05) is 42.2 Å². The number of anilines is 1. The van der Waals surface area contributed by atoms with Gasteiger partial charge in [0.25, 0.3) is 21.1 Å². The Kier molecular flexibility index (Phi) is 13.7. The van der Waals surface area contributed by atoms with E-state index in [1.807, 2.05) is 0 Å². The van der Waals surface area contributed by atoms with Gasteiger partial charge in [0.1, 0.15) is 40.1 Å². The van der Waals surface area contributed by atoms with Gasteiger partial charge in [-0.3, -0.25) is 38.2 Å². The van der Waals surface area contributed by atoms with Crippen molar-refractivity contribution in [3.8, 4) is 5.75 Å². The number of halogens is 2. The Morgan fingerprint density at radius 2 is 1.13 bits per heavy atom. The van der Waals surface area contributed by atoms with Crippen molar-refractivity contribution in [3.05, 3.63) is 214 Å². The SMILES string of the molecule is COc1cccc(S(=O)(=O)Nc2ccc(C(Cc3ccccc3F)c3nc4c([nH]3)c(=O)[nH]c(=O)n4CC3CC3)cc2)c1.NC(=O)c1ccc(C(Cc2ccccc2F)c2nc3c([nH]2)c(=O)[nH]c(=O)n3CC2CC2)cc1. The van der Waals surface area contributed by atoms with E-state index < -0.39 is 50.3 Å².